The maximum atomic E-state index is 13.9. The number of halogens is 2. The van der Waals surface area contributed by atoms with Gasteiger partial charge in [-0.1, -0.05) is 28.1 Å². The van der Waals surface area contributed by atoms with Crippen LogP contribution in [-0.2, 0) is 6.42 Å². The molecule has 0 atom stereocenters. The Kier molecular flexibility index (Phi) is 9.12. The molecule has 4 nitrogen and oxygen atoms in total. The fourth-order valence-corrected chi connectivity index (χ4v) is 3.47. The molecule has 0 aromatic heterocycles. The molecule has 6 heteroatoms. The Balaban J connectivity index is 1.78. The third kappa shape index (κ3) is 7.08. The second kappa shape index (κ2) is 11.3. The summed E-state index contributed by atoms with van der Waals surface area (Å²) in [5, 5.41) is 6.86. The number of aryl methyl sites for hydroxylation is 1. The lowest BCUT2D eigenvalue weighted by Crippen LogP contribution is -2.48. The lowest BCUT2D eigenvalue weighted by molar-refractivity contribution is 0.225. The highest BCUT2D eigenvalue weighted by Crippen LogP contribution is 2.16. The maximum absolute atomic E-state index is 13.9. The molecule has 1 aliphatic rings. The summed E-state index contributed by atoms with van der Waals surface area (Å²) in [7, 11) is 0. The van der Waals surface area contributed by atoms with Gasteiger partial charge in [-0.3, -0.25) is 9.89 Å². The predicted octanol–water partition coefficient (Wildman–Crippen LogP) is 3.73. The van der Waals surface area contributed by atoms with Gasteiger partial charge >= 0.3 is 0 Å². The molecule has 0 spiro atoms. The summed E-state index contributed by atoms with van der Waals surface area (Å²) in [6.45, 7) is 10.5. The minimum absolute atomic E-state index is 0.153. The summed E-state index contributed by atoms with van der Waals surface area (Å²) in [6.07, 6.45) is 5.72. The van der Waals surface area contributed by atoms with Crippen LogP contribution in [0.4, 0.5) is 4.39 Å². The van der Waals surface area contributed by atoms with Crippen LogP contribution in [0, 0.1) is 5.82 Å². The van der Waals surface area contributed by atoms with Crippen molar-refractivity contribution in [3.8, 4) is 0 Å². The number of hydrogen-bond donors (Lipinski definition) is 2. The standard InChI is InChI=1S/C20H30BrFN4/c1-3-12-26-13-9-18(10-14-26)25-20(23-4-2)24-11-5-6-16-7-8-17(21)15-19(16)22/h3,7-8,15,18H,1,4-6,9-14H2,2H3,(H2,23,24,25). The minimum Gasteiger partial charge on any atom is -0.357 e. The molecule has 1 saturated heterocycles. The predicted molar refractivity (Wildman–Crippen MR) is 111 cm³/mol. The molecule has 1 heterocycles. The van der Waals surface area contributed by atoms with Gasteiger partial charge in [0.15, 0.2) is 5.96 Å². The topological polar surface area (TPSA) is 39.7 Å². The molecule has 1 aromatic carbocycles. The molecule has 0 amide bonds. The fraction of sp³-hybridized carbons (Fsp3) is 0.550. The summed E-state index contributed by atoms with van der Waals surface area (Å²) < 4.78 is 14.6. The summed E-state index contributed by atoms with van der Waals surface area (Å²) in [4.78, 5) is 7.08. The lowest BCUT2D eigenvalue weighted by Gasteiger charge is -2.32. The third-order valence-electron chi connectivity index (χ3n) is 4.55. The zero-order valence-corrected chi connectivity index (χ0v) is 17.2. The van der Waals surface area contributed by atoms with Crippen LogP contribution in [0.5, 0.6) is 0 Å². The first-order valence-corrected chi connectivity index (χ1v) is 10.2. The monoisotopic (exact) mass is 424 g/mol. The van der Waals surface area contributed by atoms with E-state index in [-0.39, 0.29) is 5.82 Å². The largest absolute Gasteiger partial charge is 0.357 e. The van der Waals surface area contributed by atoms with Gasteiger partial charge in [-0.25, -0.2) is 4.39 Å². The average Bonchev–Trinajstić information content (AvgIpc) is 2.62. The number of hydrogen-bond acceptors (Lipinski definition) is 2. The molecule has 0 bridgehead atoms. The molecule has 0 aliphatic carbocycles. The second-order valence-electron chi connectivity index (χ2n) is 6.61. The van der Waals surface area contributed by atoms with Crippen LogP contribution in [0.2, 0.25) is 0 Å². The van der Waals surface area contributed by atoms with E-state index in [1.54, 1.807) is 0 Å². The quantitative estimate of drug-likeness (QED) is 0.289. The van der Waals surface area contributed by atoms with Crippen LogP contribution in [0.1, 0.15) is 31.7 Å². The highest BCUT2D eigenvalue weighted by molar-refractivity contribution is 9.10. The van der Waals surface area contributed by atoms with Gasteiger partial charge in [0.1, 0.15) is 5.82 Å². The molecule has 1 aromatic rings. The zero-order chi connectivity index (χ0) is 18.8. The average molecular weight is 425 g/mol. The molecule has 0 radical (unpaired) electrons. The first-order chi connectivity index (χ1) is 12.6. The van der Waals surface area contributed by atoms with E-state index in [2.05, 4.69) is 50.0 Å². The van der Waals surface area contributed by atoms with Gasteiger partial charge in [-0.2, -0.15) is 0 Å². The lowest BCUT2D eigenvalue weighted by atomic mass is 10.1. The third-order valence-corrected chi connectivity index (χ3v) is 5.04. The van der Waals surface area contributed by atoms with E-state index in [1.807, 2.05) is 18.2 Å². The van der Waals surface area contributed by atoms with E-state index in [0.29, 0.717) is 19.0 Å². The van der Waals surface area contributed by atoms with Gasteiger partial charge in [0.05, 0.1) is 0 Å². The van der Waals surface area contributed by atoms with Gasteiger partial charge in [-0.05, 0) is 50.3 Å². The molecule has 2 N–H and O–H groups in total. The molecule has 1 fully saturated rings. The van der Waals surface area contributed by atoms with Crippen molar-refractivity contribution in [1.82, 2.24) is 15.5 Å². The van der Waals surface area contributed by atoms with Crippen molar-refractivity contribution >= 4 is 21.9 Å². The smallest absolute Gasteiger partial charge is 0.191 e. The van der Waals surface area contributed by atoms with E-state index in [0.717, 1.165) is 61.4 Å². The van der Waals surface area contributed by atoms with Crippen molar-refractivity contribution in [1.29, 1.82) is 0 Å². The first-order valence-electron chi connectivity index (χ1n) is 9.44. The highest BCUT2D eigenvalue weighted by atomic mass is 79.9. The van der Waals surface area contributed by atoms with Crippen LogP contribution >= 0.6 is 15.9 Å². The van der Waals surface area contributed by atoms with Crippen molar-refractivity contribution in [2.45, 2.75) is 38.6 Å². The number of rotatable bonds is 8. The summed E-state index contributed by atoms with van der Waals surface area (Å²) >= 11 is 3.29. The maximum Gasteiger partial charge on any atom is 0.191 e. The van der Waals surface area contributed by atoms with E-state index in [9.17, 15) is 4.39 Å². The molecular formula is C20H30BrFN4. The molecule has 144 valence electrons. The van der Waals surface area contributed by atoms with E-state index in [4.69, 9.17) is 0 Å². The normalized spacial score (nSPS) is 16.5. The molecule has 0 unspecified atom stereocenters. The van der Waals surface area contributed by atoms with E-state index >= 15 is 0 Å². The zero-order valence-electron chi connectivity index (χ0n) is 15.6. The van der Waals surface area contributed by atoms with Crippen LogP contribution < -0.4 is 10.6 Å². The van der Waals surface area contributed by atoms with E-state index in [1.165, 1.54) is 6.07 Å². The summed E-state index contributed by atoms with van der Waals surface area (Å²) in [6, 6.07) is 5.69. The highest BCUT2D eigenvalue weighted by Gasteiger charge is 2.18. The Hall–Kier alpha value is -1.40. The number of aliphatic imine (C=N–C) groups is 1. The van der Waals surface area contributed by atoms with Crippen LogP contribution in [0.15, 0.2) is 40.3 Å². The van der Waals surface area contributed by atoms with Gasteiger partial charge < -0.3 is 10.6 Å². The SMILES string of the molecule is C=CCN1CCC(NC(=NCCCc2ccc(Br)cc2F)NCC)CC1. The molecule has 2 rings (SSSR count). The summed E-state index contributed by atoms with van der Waals surface area (Å²) in [5.41, 5.74) is 0.746. The van der Waals surface area contributed by atoms with Gasteiger partial charge in [0.2, 0.25) is 0 Å². The van der Waals surface area contributed by atoms with Crippen molar-refractivity contribution in [2.75, 3.05) is 32.7 Å². The first kappa shape index (κ1) is 20.9. The minimum atomic E-state index is -0.153. The Labute approximate surface area is 165 Å². The van der Waals surface area contributed by atoms with Crippen molar-refractivity contribution in [2.24, 2.45) is 4.99 Å². The molecule has 26 heavy (non-hydrogen) atoms. The fourth-order valence-electron chi connectivity index (χ4n) is 3.14. The number of likely N-dealkylation sites (tertiary alicyclic amines) is 1. The van der Waals surface area contributed by atoms with Gasteiger partial charge in [0, 0.05) is 43.2 Å². The number of guanidine groups is 1. The second-order valence-corrected chi connectivity index (χ2v) is 7.52. The van der Waals surface area contributed by atoms with Crippen LogP contribution in [0.3, 0.4) is 0 Å². The number of nitrogens with one attached hydrogen (secondary N) is 2. The number of nitrogens with zero attached hydrogens (tertiary/aromatic N) is 2. The van der Waals surface area contributed by atoms with Gasteiger partial charge in [-0.15, -0.1) is 6.58 Å². The Morgan fingerprint density at radius 2 is 2.19 bits per heavy atom. The Bertz CT molecular complexity index is 597. The van der Waals surface area contributed by atoms with Crippen molar-refractivity contribution in [3.05, 3.63) is 46.7 Å². The Morgan fingerprint density at radius 1 is 1.42 bits per heavy atom. The van der Waals surface area contributed by atoms with Crippen LogP contribution in [-0.4, -0.2) is 49.6 Å². The van der Waals surface area contributed by atoms with Gasteiger partial charge in [0.25, 0.3) is 0 Å². The molecule has 1 aliphatic heterocycles. The number of benzene rings is 1. The Morgan fingerprint density at radius 3 is 2.85 bits per heavy atom. The van der Waals surface area contributed by atoms with Crippen molar-refractivity contribution < 1.29 is 4.39 Å². The molecule has 0 saturated carbocycles. The summed E-state index contributed by atoms with van der Waals surface area (Å²) in [5.74, 6) is 0.714. The number of piperidine rings is 1. The van der Waals surface area contributed by atoms with Crippen molar-refractivity contribution in [3.63, 3.8) is 0 Å². The van der Waals surface area contributed by atoms with E-state index < -0.39 is 0 Å². The van der Waals surface area contributed by atoms with Crippen LogP contribution in [0.25, 0.3) is 0 Å². The molecular weight excluding hydrogens is 395 g/mol.